The minimum atomic E-state index is -0.661. The average Bonchev–Trinajstić information content (AvgIpc) is 3.78. The molecule has 0 heterocycles. The van der Waals surface area contributed by atoms with Crippen molar-refractivity contribution in [2.45, 2.75) is 520 Å². The van der Waals surface area contributed by atoms with E-state index in [1.54, 1.807) is 0 Å². The van der Waals surface area contributed by atoms with Crippen molar-refractivity contribution < 1.29 is 24.5 Å². The third-order valence-electron chi connectivity index (χ3n) is 20.8. The van der Waals surface area contributed by atoms with E-state index in [0.717, 1.165) is 38.5 Å². The molecule has 0 aliphatic rings. The molecule has 0 aromatic heterocycles. The molecule has 6 nitrogen and oxygen atoms in total. The van der Waals surface area contributed by atoms with E-state index in [1.807, 2.05) is 0 Å². The lowest BCUT2D eigenvalue weighted by molar-refractivity contribution is -0.143. The van der Waals surface area contributed by atoms with Crippen LogP contribution in [0.25, 0.3) is 0 Å². The molecular weight excluding hydrogens is 1140 g/mol. The number of rotatable bonds is 83. The van der Waals surface area contributed by atoms with E-state index in [-0.39, 0.29) is 18.5 Å². The summed E-state index contributed by atoms with van der Waals surface area (Å²) in [7, 11) is 0. The van der Waals surface area contributed by atoms with Gasteiger partial charge in [-0.2, -0.15) is 0 Å². The molecular formula is C87H171NO5. The summed E-state index contributed by atoms with van der Waals surface area (Å²) >= 11 is 0. The number of carbonyl (C=O) groups is 2. The highest BCUT2D eigenvalue weighted by Crippen LogP contribution is 2.21. The minimum absolute atomic E-state index is 0.0250. The molecule has 0 aromatic carbocycles. The predicted octanol–water partition coefficient (Wildman–Crippen LogP) is 29.0. The molecule has 93 heavy (non-hydrogen) atoms. The van der Waals surface area contributed by atoms with Crippen molar-refractivity contribution >= 4 is 11.9 Å². The van der Waals surface area contributed by atoms with Crippen molar-refractivity contribution in [1.82, 2.24) is 5.32 Å². The van der Waals surface area contributed by atoms with Gasteiger partial charge in [0, 0.05) is 12.8 Å². The smallest absolute Gasteiger partial charge is 0.305 e. The average molecular weight is 1310 g/mol. The number of hydrogen-bond donors (Lipinski definition) is 3. The molecule has 1 amide bonds. The second-order valence-corrected chi connectivity index (χ2v) is 30.2. The minimum Gasteiger partial charge on any atom is -0.466 e. The number of nitrogens with one attached hydrogen (secondary N) is 1. The van der Waals surface area contributed by atoms with Gasteiger partial charge in [0.05, 0.1) is 25.4 Å². The third-order valence-corrected chi connectivity index (χ3v) is 20.8. The van der Waals surface area contributed by atoms with E-state index in [4.69, 9.17) is 4.74 Å². The molecule has 0 saturated heterocycles. The van der Waals surface area contributed by atoms with Crippen molar-refractivity contribution in [1.29, 1.82) is 0 Å². The molecule has 0 aromatic rings. The van der Waals surface area contributed by atoms with E-state index in [0.29, 0.717) is 25.9 Å². The number of allylic oxidation sites excluding steroid dienone is 2. The van der Waals surface area contributed by atoms with Gasteiger partial charge in [0.15, 0.2) is 0 Å². The van der Waals surface area contributed by atoms with Gasteiger partial charge < -0.3 is 20.3 Å². The summed E-state index contributed by atoms with van der Waals surface area (Å²) in [5.41, 5.74) is 0. The molecule has 0 aliphatic carbocycles. The van der Waals surface area contributed by atoms with Crippen molar-refractivity contribution in [3.63, 3.8) is 0 Å². The van der Waals surface area contributed by atoms with Crippen molar-refractivity contribution in [2.24, 2.45) is 0 Å². The molecule has 2 atom stereocenters. The molecule has 0 saturated carbocycles. The Kier molecular flexibility index (Phi) is 81.8. The van der Waals surface area contributed by atoms with Gasteiger partial charge in [0.2, 0.25) is 5.91 Å². The van der Waals surface area contributed by atoms with Gasteiger partial charge in [0.1, 0.15) is 0 Å². The molecule has 0 spiro atoms. The summed E-state index contributed by atoms with van der Waals surface area (Å²) in [6.45, 7) is 5.02. The second kappa shape index (κ2) is 83.0. The molecule has 0 radical (unpaired) electrons. The van der Waals surface area contributed by atoms with E-state index in [9.17, 15) is 19.8 Å². The van der Waals surface area contributed by atoms with Crippen LogP contribution in [0.1, 0.15) is 508 Å². The molecule has 0 bridgehead atoms. The number of hydrogen-bond acceptors (Lipinski definition) is 5. The van der Waals surface area contributed by atoms with Crippen LogP contribution in [0, 0.1) is 0 Å². The van der Waals surface area contributed by atoms with Gasteiger partial charge in [-0.3, -0.25) is 9.59 Å². The summed E-state index contributed by atoms with van der Waals surface area (Å²) in [6, 6.07) is -0.538. The van der Waals surface area contributed by atoms with E-state index >= 15 is 0 Å². The Morgan fingerprint density at radius 3 is 0.763 bits per heavy atom. The maximum absolute atomic E-state index is 12.6. The first-order chi connectivity index (χ1) is 46.0. The lowest BCUT2D eigenvalue weighted by Crippen LogP contribution is -2.45. The monoisotopic (exact) mass is 1310 g/mol. The van der Waals surface area contributed by atoms with Crippen LogP contribution in [0.15, 0.2) is 12.2 Å². The van der Waals surface area contributed by atoms with Crippen LogP contribution in [0.3, 0.4) is 0 Å². The Hall–Kier alpha value is -1.40. The first-order valence-corrected chi connectivity index (χ1v) is 43.4. The maximum Gasteiger partial charge on any atom is 0.305 e. The summed E-state index contributed by atoms with van der Waals surface area (Å²) < 4.78 is 5.52. The van der Waals surface area contributed by atoms with Crippen LogP contribution < -0.4 is 5.32 Å². The van der Waals surface area contributed by atoms with Crippen molar-refractivity contribution in [3.05, 3.63) is 12.2 Å². The van der Waals surface area contributed by atoms with Crippen LogP contribution in [0.5, 0.6) is 0 Å². The SMILES string of the molecule is CCCCCCCCCCCCCCCCCCCCCC(O)C(CO)NC(=O)CCCCCCCCCCCCCCCCCCC/C=C\CCCCCCCCCCCCCCCCCCCCOC(=O)CCCCCCCCCCCCCCCCCCCC. The standard InChI is InChI=1S/C87H171NO5/c1-3-5-7-9-11-13-15-17-19-21-44-47-51-55-59-63-67-71-75-79-85(90)84(83-89)88-86(91)80-76-72-68-64-60-56-52-48-45-42-40-38-36-34-32-30-28-26-24-23-25-27-29-31-33-35-37-39-41-43-46-50-54-58-62-66-70-74-78-82-93-87(92)81-77-73-69-65-61-57-53-49-22-20-18-16-14-12-10-8-6-4-2/h23-24,84-85,89-90H,3-22,25-83H2,1-2H3,(H,88,91)/b24-23-. The molecule has 0 aliphatic heterocycles. The molecule has 2 unspecified atom stereocenters. The zero-order chi connectivity index (χ0) is 67.0. The fourth-order valence-corrected chi connectivity index (χ4v) is 14.2. The van der Waals surface area contributed by atoms with Gasteiger partial charge in [-0.25, -0.2) is 0 Å². The van der Waals surface area contributed by atoms with Crippen LogP contribution in [0.2, 0.25) is 0 Å². The van der Waals surface area contributed by atoms with E-state index in [2.05, 4.69) is 31.3 Å². The highest BCUT2D eigenvalue weighted by atomic mass is 16.5. The lowest BCUT2D eigenvalue weighted by atomic mass is 10.0. The van der Waals surface area contributed by atoms with Gasteiger partial charge in [-0.1, -0.05) is 456 Å². The zero-order valence-electron chi connectivity index (χ0n) is 63.8. The highest BCUT2D eigenvalue weighted by molar-refractivity contribution is 5.76. The van der Waals surface area contributed by atoms with Gasteiger partial charge >= 0.3 is 5.97 Å². The highest BCUT2D eigenvalue weighted by Gasteiger charge is 2.20. The normalized spacial score (nSPS) is 12.4. The fraction of sp³-hybridized carbons (Fsp3) is 0.954. The third kappa shape index (κ3) is 79.5. The largest absolute Gasteiger partial charge is 0.466 e. The summed E-state index contributed by atoms with van der Waals surface area (Å²) in [6.07, 6.45) is 106. The molecule has 554 valence electrons. The maximum atomic E-state index is 12.6. The van der Waals surface area contributed by atoms with E-state index in [1.165, 1.54) is 437 Å². The van der Waals surface area contributed by atoms with Crippen LogP contribution in [0.4, 0.5) is 0 Å². The number of amides is 1. The summed E-state index contributed by atoms with van der Waals surface area (Å²) in [5, 5.41) is 23.4. The molecule has 3 N–H and O–H groups in total. The summed E-state index contributed by atoms with van der Waals surface area (Å²) in [5.74, 6) is 0.00331. The van der Waals surface area contributed by atoms with Gasteiger partial charge in [-0.15, -0.1) is 0 Å². The molecule has 0 fully saturated rings. The number of carbonyl (C=O) groups excluding carboxylic acids is 2. The van der Waals surface area contributed by atoms with E-state index < -0.39 is 12.1 Å². The Morgan fingerprint density at radius 1 is 0.290 bits per heavy atom. The van der Waals surface area contributed by atoms with Gasteiger partial charge in [0.25, 0.3) is 0 Å². The Morgan fingerprint density at radius 2 is 0.505 bits per heavy atom. The predicted molar refractivity (Wildman–Crippen MR) is 412 cm³/mol. The number of ether oxygens (including phenoxy) is 1. The lowest BCUT2D eigenvalue weighted by Gasteiger charge is -2.22. The van der Waals surface area contributed by atoms with Crippen LogP contribution in [-0.4, -0.2) is 47.4 Å². The topological polar surface area (TPSA) is 95.9 Å². The molecule has 0 rings (SSSR count). The molecule has 6 heteroatoms. The second-order valence-electron chi connectivity index (χ2n) is 30.2. The Bertz CT molecular complexity index is 1420. The Balaban J connectivity index is 3.30. The quantitative estimate of drug-likeness (QED) is 0.0320. The first kappa shape index (κ1) is 91.6. The Labute approximate surface area is 584 Å². The zero-order valence-corrected chi connectivity index (χ0v) is 63.8. The number of esters is 1. The van der Waals surface area contributed by atoms with Crippen LogP contribution in [-0.2, 0) is 14.3 Å². The number of aliphatic hydroxyl groups is 2. The fourth-order valence-electron chi connectivity index (χ4n) is 14.2. The van der Waals surface area contributed by atoms with Crippen molar-refractivity contribution in [3.8, 4) is 0 Å². The van der Waals surface area contributed by atoms with Gasteiger partial charge in [-0.05, 0) is 51.4 Å². The first-order valence-electron chi connectivity index (χ1n) is 43.4. The summed E-state index contributed by atoms with van der Waals surface area (Å²) in [4.78, 5) is 24.7. The van der Waals surface area contributed by atoms with Crippen molar-refractivity contribution in [2.75, 3.05) is 13.2 Å². The number of aliphatic hydroxyl groups excluding tert-OH is 2. The van der Waals surface area contributed by atoms with Crippen LogP contribution >= 0.6 is 0 Å². The number of unbranched alkanes of at least 4 members (excludes halogenated alkanes) is 70.